The topological polar surface area (TPSA) is 51.1 Å². The Labute approximate surface area is 230 Å². The SMILES string of the molecule is O=C(Cn1c2c(sc1=O)[C@H](c1cccc(Cl)c1Cl)C1C3CCC(C3)C1S2)Nc1ccc(Cl)c(Cl)c1. The maximum absolute atomic E-state index is 13.2. The van der Waals surface area contributed by atoms with Crippen molar-refractivity contribution in [2.45, 2.75) is 42.0 Å². The number of hydrogen-bond donors (Lipinski definition) is 1. The van der Waals surface area contributed by atoms with E-state index in [0.717, 1.165) is 15.5 Å². The molecular weight excluding hydrogens is 566 g/mol. The Kier molecular flexibility index (Phi) is 6.43. The molecule has 35 heavy (non-hydrogen) atoms. The van der Waals surface area contributed by atoms with E-state index >= 15 is 0 Å². The van der Waals surface area contributed by atoms with Crippen molar-refractivity contribution in [1.82, 2.24) is 4.57 Å². The van der Waals surface area contributed by atoms with Gasteiger partial charge >= 0.3 is 4.87 Å². The van der Waals surface area contributed by atoms with Gasteiger partial charge in [0, 0.05) is 21.7 Å². The van der Waals surface area contributed by atoms with E-state index in [1.165, 1.54) is 30.6 Å². The molecule has 4 nitrogen and oxygen atoms in total. The number of carbonyl (C=O) groups excluding carboxylic acids is 1. The van der Waals surface area contributed by atoms with Crippen LogP contribution in [0.1, 0.15) is 35.6 Å². The van der Waals surface area contributed by atoms with Crippen LogP contribution in [0.2, 0.25) is 20.1 Å². The van der Waals surface area contributed by atoms with Crippen molar-refractivity contribution in [2.24, 2.45) is 17.8 Å². The smallest absolute Gasteiger partial charge is 0.308 e. The van der Waals surface area contributed by atoms with Crippen LogP contribution >= 0.6 is 69.5 Å². The minimum absolute atomic E-state index is 0.00910. The number of aromatic nitrogens is 1. The summed E-state index contributed by atoms with van der Waals surface area (Å²) in [6.45, 7) is -0.0700. The average Bonchev–Trinajstić information content (AvgIpc) is 3.52. The molecule has 2 saturated carbocycles. The maximum atomic E-state index is 13.2. The number of rotatable bonds is 4. The molecule has 6 rings (SSSR count). The zero-order valence-electron chi connectivity index (χ0n) is 18.3. The fraction of sp³-hybridized carbons (Fsp3) is 0.360. The van der Waals surface area contributed by atoms with E-state index in [4.69, 9.17) is 46.4 Å². The molecule has 1 N–H and O–H groups in total. The molecule has 0 radical (unpaired) electrons. The van der Waals surface area contributed by atoms with Crippen molar-refractivity contribution in [3.63, 3.8) is 0 Å². The first-order valence-corrected chi connectivity index (χ1v) is 14.6. The average molecular weight is 586 g/mol. The second-order valence-electron chi connectivity index (χ2n) is 9.41. The highest BCUT2D eigenvalue weighted by Crippen LogP contribution is 2.64. The van der Waals surface area contributed by atoms with Crippen LogP contribution in [0.3, 0.4) is 0 Å². The third kappa shape index (κ3) is 4.14. The van der Waals surface area contributed by atoms with E-state index in [9.17, 15) is 9.59 Å². The van der Waals surface area contributed by atoms with Crippen molar-refractivity contribution in [3.8, 4) is 0 Å². The number of amides is 1. The summed E-state index contributed by atoms with van der Waals surface area (Å²) in [5, 5.41) is 5.97. The fourth-order valence-electron chi connectivity index (χ4n) is 6.11. The molecule has 1 aliphatic heterocycles. The number of thiazole rings is 1. The summed E-state index contributed by atoms with van der Waals surface area (Å²) in [5.74, 6) is 1.37. The molecule has 1 aromatic heterocycles. The third-order valence-corrected chi connectivity index (χ3v) is 11.9. The summed E-state index contributed by atoms with van der Waals surface area (Å²) in [7, 11) is 0. The monoisotopic (exact) mass is 584 g/mol. The lowest BCUT2D eigenvalue weighted by Crippen LogP contribution is -2.35. The highest BCUT2D eigenvalue weighted by molar-refractivity contribution is 8.00. The molecule has 4 unspecified atom stereocenters. The van der Waals surface area contributed by atoms with Gasteiger partial charge in [0.2, 0.25) is 5.91 Å². The minimum Gasteiger partial charge on any atom is -0.324 e. The zero-order valence-corrected chi connectivity index (χ0v) is 22.9. The van der Waals surface area contributed by atoms with Gasteiger partial charge in [-0.05, 0) is 66.8 Å². The lowest BCUT2D eigenvalue weighted by atomic mass is 9.75. The highest BCUT2D eigenvalue weighted by atomic mass is 35.5. The summed E-state index contributed by atoms with van der Waals surface area (Å²) in [5.41, 5.74) is 1.52. The number of benzene rings is 2. The Morgan fingerprint density at radius 2 is 1.83 bits per heavy atom. The van der Waals surface area contributed by atoms with E-state index in [0.29, 0.717) is 48.8 Å². The minimum atomic E-state index is -0.293. The summed E-state index contributed by atoms with van der Waals surface area (Å²) in [4.78, 5) is 27.0. The van der Waals surface area contributed by atoms with Gasteiger partial charge in [-0.2, -0.15) is 0 Å². The first kappa shape index (κ1) is 24.2. The van der Waals surface area contributed by atoms with Gasteiger partial charge in [0.15, 0.2) is 0 Å². The van der Waals surface area contributed by atoms with E-state index in [1.807, 2.05) is 12.1 Å². The lowest BCUT2D eigenvalue weighted by Gasteiger charge is -2.40. The Bertz CT molecular complexity index is 1400. The standard InChI is InChI=1S/C25H20Cl4N2O2S2/c26-15-7-6-13(9-17(15)28)30-18(32)10-31-24-23(35-25(31)33)20(14-2-1-3-16(27)21(14)29)19-11-4-5-12(8-11)22(19)34-24/h1-3,6-7,9,11-12,19-20,22H,4-5,8,10H2,(H,30,32)/t11?,12?,19?,20-,22?/m1/s1. The summed E-state index contributed by atoms with van der Waals surface area (Å²) in [6, 6.07) is 10.7. The van der Waals surface area contributed by atoms with Crippen LogP contribution in [-0.2, 0) is 11.3 Å². The Morgan fingerprint density at radius 1 is 1.03 bits per heavy atom. The first-order chi connectivity index (χ1) is 16.8. The molecule has 2 aliphatic carbocycles. The Balaban J connectivity index is 1.38. The van der Waals surface area contributed by atoms with Crippen LogP contribution in [0, 0.1) is 17.8 Å². The van der Waals surface area contributed by atoms with Crippen molar-refractivity contribution in [1.29, 1.82) is 0 Å². The van der Waals surface area contributed by atoms with Gasteiger partial charge in [-0.25, -0.2) is 0 Å². The molecule has 0 spiro atoms. The molecule has 5 atom stereocenters. The summed E-state index contributed by atoms with van der Waals surface area (Å²) >= 11 is 28.2. The Hall–Kier alpha value is -1.15. The molecule has 2 heterocycles. The number of anilines is 1. The molecule has 182 valence electrons. The van der Waals surface area contributed by atoms with Gasteiger partial charge in [0.1, 0.15) is 6.54 Å². The number of carbonyl (C=O) groups is 1. The molecule has 2 bridgehead atoms. The number of hydrogen-bond acceptors (Lipinski definition) is 4. The number of nitrogens with zero attached hydrogens (tertiary/aromatic N) is 1. The molecule has 0 saturated heterocycles. The van der Waals surface area contributed by atoms with E-state index < -0.39 is 0 Å². The van der Waals surface area contributed by atoms with Crippen LogP contribution in [0.5, 0.6) is 0 Å². The molecule has 1 amide bonds. The Morgan fingerprint density at radius 3 is 2.63 bits per heavy atom. The lowest BCUT2D eigenvalue weighted by molar-refractivity contribution is -0.116. The van der Waals surface area contributed by atoms with Gasteiger partial charge in [0.25, 0.3) is 0 Å². The number of nitrogens with one attached hydrogen (secondary N) is 1. The third-order valence-electron chi connectivity index (χ3n) is 7.51. The number of fused-ring (bicyclic) bond motifs is 6. The van der Waals surface area contributed by atoms with Gasteiger partial charge < -0.3 is 5.32 Å². The maximum Gasteiger partial charge on any atom is 0.308 e. The molecule has 3 aromatic rings. The molecule has 10 heteroatoms. The molecule has 2 aromatic carbocycles. The molecule has 2 fully saturated rings. The fourth-order valence-corrected chi connectivity index (χ4v) is 9.98. The highest BCUT2D eigenvalue weighted by Gasteiger charge is 2.55. The van der Waals surface area contributed by atoms with Gasteiger partial charge in [-0.15, -0.1) is 11.8 Å². The second-order valence-corrected chi connectivity index (χ2v) is 13.2. The van der Waals surface area contributed by atoms with Crippen LogP contribution in [0.25, 0.3) is 0 Å². The second kappa shape index (κ2) is 9.30. The normalized spacial score (nSPS) is 26.5. The van der Waals surface area contributed by atoms with Crippen molar-refractivity contribution in [2.75, 3.05) is 5.32 Å². The van der Waals surface area contributed by atoms with E-state index in [1.54, 1.807) is 40.6 Å². The summed E-state index contributed by atoms with van der Waals surface area (Å²) in [6.07, 6.45) is 3.66. The predicted molar refractivity (Wildman–Crippen MR) is 146 cm³/mol. The van der Waals surface area contributed by atoms with Crippen LogP contribution in [-0.4, -0.2) is 15.7 Å². The molecular formula is C25H20Cl4N2O2S2. The first-order valence-electron chi connectivity index (χ1n) is 11.4. The molecule has 3 aliphatic rings. The van der Waals surface area contributed by atoms with Crippen LogP contribution < -0.4 is 10.2 Å². The van der Waals surface area contributed by atoms with E-state index in [-0.39, 0.29) is 23.2 Å². The van der Waals surface area contributed by atoms with Gasteiger partial charge in [0.05, 0.1) is 25.1 Å². The number of halogens is 4. The summed E-state index contributed by atoms with van der Waals surface area (Å²) < 4.78 is 1.62. The van der Waals surface area contributed by atoms with Crippen LogP contribution in [0.4, 0.5) is 5.69 Å². The van der Waals surface area contributed by atoms with Crippen molar-refractivity contribution < 1.29 is 4.79 Å². The predicted octanol–water partition coefficient (Wildman–Crippen LogP) is 7.81. The van der Waals surface area contributed by atoms with Gasteiger partial charge in [-0.3, -0.25) is 14.2 Å². The van der Waals surface area contributed by atoms with E-state index in [2.05, 4.69) is 5.32 Å². The van der Waals surface area contributed by atoms with Crippen molar-refractivity contribution in [3.05, 3.63) is 76.6 Å². The quantitative estimate of drug-likeness (QED) is 0.339. The van der Waals surface area contributed by atoms with Gasteiger partial charge in [-0.1, -0.05) is 69.9 Å². The van der Waals surface area contributed by atoms with Crippen LogP contribution in [0.15, 0.2) is 46.2 Å². The zero-order chi connectivity index (χ0) is 24.4. The largest absolute Gasteiger partial charge is 0.324 e. The number of thioether (sulfide) groups is 1. The van der Waals surface area contributed by atoms with Crippen molar-refractivity contribution >= 4 is 81.1 Å².